The molecule has 0 aliphatic rings. The van der Waals surface area contributed by atoms with Crippen molar-refractivity contribution < 1.29 is 0 Å². The van der Waals surface area contributed by atoms with Gasteiger partial charge < -0.3 is 11.1 Å². The molecule has 0 saturated heterocycles. The fourth-order valence-electron chi connectivity index (χ4n) is 0.804. The third kappa shape index (κ3) is 3.20. The van der Waals surface area contributed by atoms with Gasteiger partial charge in [0.2, 0.25) is 5.95 Å². The predicted octanol–water partition coefficient (Wildman–Crippen LogP) is 0.350. The Balaban J connectivity index is 2.56. The molecule has 1 aromatic rings. The van der Waals surface area contributed by atoms with Crippen LogP contribution in [0.15, 0.2) is 23.1 Å². The minimum absolute atomic E-state index is 0.0769. The van der Waals surface area contributed by atoms with Crippen LogP contribution in [0.1, 0.15) is 0 Å². The summed E-state index contributed by atoms with van der Waals surface area (Å²) in [6, 6.07) is 0. The van der Waals surface area contributed by atoms with E-state index in [4.69, 9.17) is 17.3 Å². The summed E-state index contributed by atoms with van der Waals surface area (Å²) in [5.74, 6) is 0.390. The number of halogens is 1. The number of aromatic nitrogens is 2. The Labute approximate surface area is 86.0 Å². The molecule has 1 aromatic heterocycles. The molecule has 5 nitrogen and oxygen atoms in total. The molecule has 0 saturated carbocycles. The van der Waals surface area contributed by atoms with Crippen molar-refractivity contribution in [1.82, 2.24) is 9.97 Å². The van der Waals surface area contributed by atoms with Gasteiger partial charge in [0.25, 0.3) is 5.56 Å². The molecule has 1 heterocycles. The Bertz CT molecular complexity index is 374. The molecule has 0 spiro atoms. The molecule has 76 valence electrons. The summed E-state index contributed by atoms with van der Waals surface area (Å²) < 4.78 is 0. The number of hydrogen-bond acceptors (Lipinski definition) is 4. The highest BCUT2D eigenvalue weighted by Gasteiger charge is 1.97. The molecular formula is C8H11ClN4O. The van der Waals surface area contributed by atoms with E-state index in [1.54, 1.807) is 6.08 Å². The maximum absolute atomic E-state index is 11.0. The fourth-order valence-corrected chi connectivity index (χ4v) is 0.900. The zero-order valence-electron chi connectivity index (χ0n) is 7.46. The second-order valence-corrected chi connectivity index (χ2v) is 2.90. The molecule has 1 rings (SSSR count). The third-order valence-corrected chi connectivity index (χ3v) is 1.72. The van der Waals surface area contributed by atoms with E-state index in [0.717, 1.165) is 0 Å². The van der Waals surface area contributed by atoms with E-state index < -0.39 is 0 Å². The maximum atomic E-state index is 11.0. The van der Waals surface area contributed by atoms with Crippen LogP contribution in [-0.4, -0.2) is 23.1 Å². The number of aromatic amines is 1. The van der Waals surface area contributed by atoms with Crippen molar-refractivity contribution in [3.63, 3.8) is 0 Å². The molecule has 0 atom stereocenters. The number of anilines is 1. The molecule has 0 bridgehead atoms. The first kappa shape index (κ1) is 10.7. The van der Waals surface area contributed by atoms with Crippen LogP contribution in [0, 0.1) is 0 Å². The minimum Gasteiger partial charge on any atom is -0.352 e. The largest absolute Gasteiger partial charge is 0.352 e. The van der Waals surface area contributed by atoms with Crippen molar-refractivity contribution in [1.29, 1.82) is 0 Å². The summed E-state index contributed by atoms with van der Waals surface area (Å²) in [5, 5.41) is 2.96. The van der Waals surface area contributed by atoms with Gasteiger partial charge in [0.05, 0.1) is 6.20 Å². The van der Waals surface area contributed by atoms with Crippen molar-refractivity contribution in [3.05, 3.63) is 33.7 Å². The van der Waals surface area contributed by atoms with Crippen molar-refractivity contribution in [2.24, 2.45) is 5.73 Å². The number of nitrogens with zero attached hydrogens (tertiary/aromatic N) is 1. The molecule has 14 heavy (non-hydrogen) atoms. The smallest absolute Gasteiger partial charge is 0.271 e. The van der Waals surface area contributed by atoms with Crippen molar-refractivity contribution in [2.75, 3.05) is 18.4 Å². The van der Waals surface area contributed by atoms with Crippen molar-refractivity contribution >= 4 is 17.5 Å². The maximum Gasteiger partial charge on any atom is 0.271 e. The monoisotopic (exact) mass is 214 g/mol. The second kappa shape index (κ2) is 5.41. The molecule has 0 radical (unpaired) electrons. The highest BCUT2D eigenvalue weighted by atomic mass is 35.5. The second-order valence-electron chi connectivity index (χ2n) is 2.50. The van der Waals surface area contributed by atoms with Gasteiger partial charge in [-0.3, -0.25) is 9.78 Å². The lowest BCUT2D eigenvalue weighted by Crippen LogP contribution is -2.12. The quantitative estimate of drug-likeness (QED) is 0.632. The summed E-state index contributed by atoms with van der Waals surface area (Å²) in [6.07, 6.45) is 4.95. The molecule has 6 heteroatoms. The van der Waals surface area contributed by atoms with Gasteiger partial charge >= 0.3 is 0 Å². The molecular weight excluding hydrogens is 204 g/mol. The summed E-state index contributed by atoms with van der Waals surface area (Å²) in [5.41, 5.74) is 4.89. The van der Waals surface area contributed by atoms with Gasteiger partial charge in [-0.15, -0.1) is 0 Å². The van der Waals surface area contributed by atoms with E-state index in [1.165, 1.54) is 6.20 Å². The molecule has 0 aliphatic carbocycles. The molecule has 4 N–H and O–H groups in total. The lowest BCUT2D eigenvalue weighted by molar-refractivity contribution is 1.08. The van der Waals surface area contributed by atoms with Crippen LogP contribution in [0.2, 0.25) is 5.02 Å². The average Bonchev–Trinajstić information content (AvgIpc) is 2.18. The lowest BCUT2D eigenvalue weighted by Gasteiger charge is -2.00. The summed E-state index contributed by atoms with van der Waals surface area (Å²) >= 11 is 5.50. The molecule has 0 aromatic carbocycles. The van der Waals surface area contributed by atoms with Crippen molar-refractivity contribution in [3.8, 4) is 0 Å². The number of nitrogens with two attached hydrogens (primary N) is 1. The van der Waals surface area contributed by atoms with Crippen LogP contribution < -0.4 is 16.6 Å². The Kier molecular flexibility index (Phi) is 4.15. The van der Waals surface area contributed by atoms with Crippen LogP contribution in [0.5, 0.6) is 0 Å². The van der Waals surface area contributed by atoms with Crippen LogP contribution in [-0.2, 0) is 0 Å². The van der Waals surface area contributed by atoms with Gasteiger partial charge in [-0.2, -0.15) is 0 Å². The average molecular weight is 215 g/mol. The van der Waals surface area contributed by atoms with Crippen LogP contribution in [0.4, 0.5) is 5.95 Å². The fraction of sp³-hybridized carbons (Fsp3) is 0.250. The van der Waals surface area contributed by atoms with Gasteiger partial charge in [-0.1, -0.05) is 23.8 Å². The van der Waals surface area contributed by atoms with Gasteiger partial charge in [-0.25, -0.2) is 4.98 Å². The molecule has 0 amide bonds. The van der Waals surface area contributed by atoms with Gasteiger partial charge in [0.1, 0.15) is 5.02 Å². The number of hydrogen-bond donors (Lipinski definition) is 3. The van der Waals surface area contributed by atoms with Crippen LogP contribution in [0.25, 0.3) is 0 Å². The third-order valence-electron chi connectivity index (χ3n) is 1.45. The summed E-state index contributed by atoms with van der Waals surface area (Å²) in [4.78, 5) is 17.4. The first-order valence-electron chi connectivity index (χ1n) is 4.08. The van der Waals surface area contributed by atoms with Crippen LogP contribution in [0.3, 0.4) is 0 Å². The number of H-pyrrole nitrogens is 1. The Morgan fingerprint density at radius 3 is 3.07 bits per heavy atom. The molecule has 0 fully saturated rings. The van der Waals surface area contributed by atoms with E-state index >= 15 is 0 Å². The Morgan fingerprint density at radius 2 is 2.43 bits per heavy atom. The first-order chi connectivity index (χ1) is 6.74. The zero-order valence-corrected chi connectivity index (χ0v) is 8.21. The van der Waals surface area contributed by atoms with E-state index in [-0.39, 0.29) is 10.6 Å². The Hall–Kier alpha value is -1.33. The topological polar surface area (TPSA) is 83.8 Å². The van der Waals surface area contributed by atoms with Crippen molar-refractivity contribution in [2.45, 2.75) is 0 Å². The normalized spacial score (nSPS) is 10.7. The van der Waals surface area contributed by atoms with E-state index in [0.29, 0.717) is 19.0 Å². The first-order valence-corrected chi connectivity index (χ1v) is 4.45. The van der Waals surface area contributed by atoms with E-state index in [1.807, 2.05) is 6.08 Å². The predicted molar refractivity (Wildman–Crippen MR) is 56.6 cm³/mol. The Morgan fingerprint density at radius 1 is 1.64 bits per heavy atom. The highest BCUT2D eigenvalue weighted by Crippen LogP contribution is 1.99. The van der Waals surface area contributed by atoms with Gasteiger partial charge in [-0.05, 0) is 0 Å². The van der Waals surface area contributed by atoms with E-state index in [2.05, 4.69) is 15.3 Å². The minimum atomic E-state index is -0.355. The highest BCUT2D eigenvalue weighted by molar-refractivity contribution is 6.30. The molecule has 0 aliphatic heterocycles. The van der Waals surface area contributed by atoms with E-state index in [9.17, 15) is 4.79 Å². The molecule has 0 unspecified atom stereocenters. The van der Waals surface area contributed by atoms with Gasteiger partial charge in [0.15, 0.2) is 0 Å². The van der Waals surface area contributed by atoms with Gasteiger partial charge in [0, 0.05) is 13.1 Å². The summed E-state index contributed by atoms with van der Waals surface area (Å²) in [6.45, 7) is 1.05. The SMILES string of the molecule is NC/C=C/CNc1ncc(Cl)c(=O)[nH]1. The number of rotatable bonds is 4. The standard InChI is InChI=1S/C8H11ClN4O/c9-6-5-12-8(13-7(6)14)11-4-2-1-3-10/h1-2,5H,3-4,10H2,(H2,11,12,13,14)/b2-1+. The number of nitrogens with one attached hydrogen (secondary N) is 2. The lowest BCUT2D eigenvalue weighted by atomic mass is 10.5. The summed E-state index contributed by atoms with van der Waals surface area (Å²) in [7, 11) is 0. The van der Waals surface area contributed by atoms with Crippen LogP contribution >= 0.6 is 11.6 Å². The zero-order chi connectivity index (χ0) is 10.4.